The molecule has 1 saturated heterocycles. The van der Waals surface area contributed by atoms with Gasteiger partial charge in [0, 0.05) is 12.5 Å². The molecule has 0 N–H and O–H groups in total. The third-order valence-electron chi connectivity index (χ3n) is 3.44. The number of ether oxygens (including phenoxy) is 1. The van der Waals surface area contributed by atoms with Crippen LogP contribution in [0.2, 0.25) is 0 Å². The van der Waals surface area contributed by atoms with Crippen molar-refractivity contribution in [1.29, 1.82) is 0 Å². The lowest BCUT2D eigenvalue weighted by Crippen LogP contribution is -2.48. The van der Waals surface area contributed by atoms with Crippen molar-refractivity contribution < 1.29 is 14.3 Å². The molecule has 0 aliphatic carbocycles. The number of likely N-dealkylation sites (tertiary alicyclic amines) is 1. The second-order valence-electron chi connectivity index (χ2n) is 4.98. The fourth-order valence-corrected chi connectivity index (χ4v) is 2.58. The zero-order valence-corrected chi connectivity index (χ0v) is 11.2. The van der Waals surface area contributed by atoms with E-state index in [-0.39, 0.29) is 24.0 Å². The minimum atomic E-state index is -0.369. The molecule has 2 unspecified atom stereocenters. The van der Waals surface area contributed by atoms with Crippen LogP contribution in [-0.4, -0.2) is 36.0 Å². The molecule has 1 amide bonds. The Labute approximate surface area is 103 Å². The van der Waals surface area contributed by atoms with E-state index in [4.69, 9.17) is 4.74 Å². The Morgan fingerprint density at radius 1 is 1.53 bits per heavy atom. The van der Waals surface area contributed by atoms with E-state index < -0.39 is 0 Å². The van der Waals surface area contributed by atoms with E-state index in [0.717, 1.165) is 12.8 Å². The van der Waals surface area contributed by atoms with E-state index in [9.17, 15) is 9.59 Å². The summed E-state index contributed by atoms with van der Waals surface area (Å²) in [6, 6.07) is -0.217. The highest BCUT2D eigenvalue weighted by Crippen LogP contribution is 2.28. The van der Waals surface area contributed by atoms with Crippen LogP contribution in [-0.2, 0) is 14.3 Å². The van der Waals surface area contributed by atoms with Gasteiger partial charge in [-0.2, -0.15) is 0 Å². The normalized spacial score (nSPS) is 22.1. The van der Waals surface area contributed by atoms with Gasteiger partial charge in [-0.25, -0.2) is 4.79 Å². The zero-order valence-electron chi connectivity index (χ0n) is 11.2. The summed E-state index contributed by atoms with van der Waals surface area (Å²) < 4.78 is 4.79. The molecule has 0 aromatic rings. The van der Waals surface area contributed by atoms with Crippen LogP contribution < -0.4 is 0 Å². The van der Waals surface area contributed by atoms with Crippen LogP contribution in [0.15, 0.2) is 0 Å². The molecule has 4 heteroatoms. The van der Waals surface area contributed by atoms with Gasteiger partial charge < -0.3 is 9.64 Å². The van der Waals surface area contributed by atoms with Gasteiger partial charge in [0.2, 0.25) is 5.91 Å². The number of nitrogens with zero attached hydrogens (tertiary/aromatic N) is 1. The maximum Gasteiger partial charge on any atom is 0.328 e. The van der Waals surface area contributed by atoms with Gasteiger partial charge in [-0.3, -0.25) is 4.79 Å². The van der Waals surface area contributed by atoms with E-state index in [0.29, 0.717) is 18.8 Å². The van der Waals surface area contributed by atoms with Crippen LogP contribution in [0.4, 0.5) is 0 Å². The molecule has 0 aromatic carbocycles. The number of carbonyl (C=O) groups excluding carboxylic acids is 2. The summed E-state index contributed by atoms with van der Waals surface area (Å²) in [5.74, 6) is 0.175. The molecule has 0 aromatic heterocycles. The van der Waals surface area contributed by atoms with Crippen LogP contribution >= 0.6 is 0 Å². The second-order valence-corrected chi connectivity index (χ2v) is 4.98. The number of hydrogen-bond acceptors (Lipinski definition) is 3. The Morgan fingerprint density at radius 3 is 2.65 bits per heavy atom. The molecule has 2 atom stereocenters. The molecule has 4 nitrogen and oxygen atoms in total. The first-order chi connectivity index (χ1) is 8.02. The molecule has 0 radical (unpaired) electrons. The maximum atomic E-state index is 11.9. The summed E-state index contributed by atoms with van der Waals surface area (Å²) >= 11 is 0. The lowest BCUT2D eigenvalue weighted by molar-refractivity contribution is -0.151. The fraction of sp³-hybridized carbons (Fsp3) is 0.846. The summed E-state index contributed by atoms with van der Waals surface area (Å²) in [4.78, 5) is 25.4. The summed E-state index contributed by atoms with van der Waals surface area (Å²) in [5, 5.41) is 0. The lowest BCUT2D eigenvalue weighted by atomic mass is 9.97. The van der Waals surface area contributed by atoms with Crippen molar-refractivity contribution in [2.45, 2.75) is 58.5 Å². The van der Waals surface area contributed by atoms with Crippen molar-refractivity contribution in [2.75, 3.05) is 7.11 Å². The molecule has 0 saturated carbocycles. The molecule has 0 bridgehead atoms. The molecule has 1 fully saturated rings. The third-order valence-corrected chi connectivity index (χ3v) is 3.44. The lowest BCUT2D eigenvalue weighted by Gasteiger charge is -2.34. The second kappa shape index (κ2) is 6.03. The van der Waals surface area contributed by atoms with Gasteiger partial charge in [0.15, 0.2) is 0 Å². The Morgan fingerprint density at radius 2 is 2.18 bits per heavy atom. The maximum absolute atomic E-state index is 11.9. The van der Waals surface area contributed by atoms with Crippen LogP contribution in [0.5, 0.6) is 0 Å². The Hall–Kier alpha value is -1.06. The standard InChI is InChI=1S/C13H23NO3/c1-5-6-10(9(2)3)14-11(13(16)17-4)7-8-12(14)15/h9-11H,5-8H2,1-4H3. The minimum Gasteiger partial charge on any atom is -0.467 e. The average molecular weight is 241 g/mol. The first-order valence-electron chi connectivity index (χ1n) is 6.41. The van der Waals surface area contributed by atoms with Gasteiger partial charge >= 0.3 is 5.97 Å². The molecular weight excluding hydrogens is 218 g/mol. The van der Waals surface area contributed by atoms with Crippen molar-refractivity contribution in [3.8, 4) is 0 Å². The van der Waals surface area contributed by atoms with Gasteiger partial charge in [-0.05, 0) is 18.8 Å². The first kappa shape index (κ1) is 14.0. The summed E-state index contributed by atoms with van der Waals surface area (Å²) in [6.07, 6.45) is 3.02. The van der Waals surface area contributed by atoms with E-state index >= 15 is 0 Å². The predicted octanol–water partition coefficient (Wildman–Crippen LogP) is 1.98. The first-order valence-corrected chi connectivity index (χ1v) is 6.41. The van der Waals surface area contributed by atoms with Crippen molar-refractivity contribution in [3.05, 3.63) is 0 Å². The van der Waals surface area contributed by atoms with Gasteiger partial charge in [-0.15, -0.1) is 0 Å². The summed E-state index contributed by atoms with van der Waals surface area (Å²) in [6.45, 7) is 6.30. The van der Waals surface area contributed by atoms with Crippen LogP contribution in [0.3, 0.4) is 0 Å². The van der Waals surface area contributed by atoms with Crippen LogP contribution in [0.1, 0.15) is 46.5 Å². The topological polar surface area (TPSA) is 46.6 Å². The SMILES string of the molecule is CCCC(C(C)C)N1C(=O)CCC1C(=O)OC. The molecule has 98 valence electrons. The highest BCUT2D eigenvalue weighted by molar-refractivity contribution is 5.88. The fourth-order valence-electron chi connectivity index (χ4n) is 2.58. The van der Waals surface area contributed by atoms with Crippen LogP contribution in [0, 0.1) is 5.92 Å². The Bertz CT molecular complexity index is 288. The number of methoxy groups -OCH3 is 1. The molecular formula is C13H23NO3. The van der Waals surface area contributed by atoms with Gasteiger partial charge in [0.25, 0.3) is 0 Å². The number of carbonyl (C=O) groups is 2. The Kier molecular flexibility index (Phi) is 4.97. The third kappa shape index (κ3) is 2.99. The van der Waals surface area contributed by atoms with Gasteiger partial charge in [0.1, 0.15) is 6.04 Å². The number of amides is 1. The number of rotatable bonds is 5. The molecule has 1 aliphatic heterocycles. The minimum absolute atomic E-state index is 0.0903. The van der Waals surface area contributed by atoms with Crippen molar-refractivity contribution in [3.63, 3.8) is 0 Å². The van der Waals surface area contributed by atoms with Crippen molar-refractivity contribution >= 4 is 11.9 Å². The largest absolute Gasteiger partial charge is 0.467 e. The monoisotopic (exact) mass is 241 g/mol. The molecule has 17 heavy (non-hydrogen) atoms. The quantitative estimate of drug-likeness (QED) is 0.691. The molecule has 1 aliphatic rings. The highest BCUT2D eigenvalue weighted by Gasteiger charge is 2.41. The molecule has 1 heterocycles. The Balaban J connectivity index is 2.88. The summed E-state index contributed by atoms with van der Waals surface area (Å²) in [5.41, 5.74) is 0. The summed E-state index contributed by atoms with van der Waals surface area (Å²) in [7, 11) is 1.38. The van der Waals surface area contributed by atoms with Crippen molar-refractivity contribution in [2.24, 2.45) is 5.92 Å². The number of hydrogen-bond donors (Lipinski definition) is 0. The zero-order chi connectivity index (χ0) is 13.0. The van der Waals surface area contributed by atoms with E-state index in [2.05, 4.69) is 20.8 Å². The smallest absolute Gasteiger partial charge is 0.328 e. The van der Waals surface area contributed by atoms with Gasteiger partial charge in [-0.1, -0.05) is 27.2 Å². The van der Waals surface area contributed by atoms with E-state index in [1.165, 1.54) is 7.11 Å². The van der Waals surface area contributed by atoms with E-state index in [1.807, 2.05) is 0 Å². The molecule has 1 rings (SSSR count). The predicted molar refractivity (Wildman–Crippen MR) is 65.4 cm³/mol. The average Bonchev–Trinajstić information content (AvgIpc) is 2.66. The number of esters is 1. The van der Waals surface area contributed by atoms with Gasteiger partial charge in [0.05, 0.1) is 7.11 Å². The molecule has 0 spiro atoms. The van der Waals surface area contributed by atoms with Crippen LogP contribution in [0.25, 0.3) is 0 Å². The van der Waals surface area contributed by atoms with E-state index in [1.54, 1.807) is 4.90 Å². The van der Waals surface area contributed by atoms with Crippen molar-refractivity contribution in [1.82, 2.24) is 4.90 Å². The highest BCUT2D eigenvalue weighted by atomic mass is 16.5.